The van der Waals surface area contributed by atoms with E-state index in [-0.39, 0.29) is 5.78 Å². The maximum absolute atomic E-state index is 11.9. The van der Waals surface area contributed by atoms with Gasteiger partial charge in [-0.05, 0) is 37.1 Å². The first kappa shape index (κ1) is 12.2. The van der Waals surface area contributed by atoms with Gasteiger partial charge < -0.3 is 5.32 Å². The minimum absolute atomic E-state index is 0.00532. The molecule has 1 N–H and O–H groups in total. The molecule has 3 nitrogen and oxygen atoms in total. The van der Waals surface area contributed by atoms with Crippen LogP contribution in [-0.2, 0) is 0 Å². The minimum Gasteiger partial charge on any atom is -0.379 e. The predicted molar refractivity (Wildman–Crippen MR) is 70.9 cm³/mol. The van der Waals surface area contributed by atoms with Crippen LogP contribution in [0.25, 0.3) is 0 Å². The smallest absolute Gasteiger partial charge is 0.189 e. The maximum atomic E-state index is 11.9. The van der Waals surface area contributed by atoms with Gasteiger partial charge in [0.15, 0.2) is 5.78 Å². The Kier molecular flexibility index (Phi) is 4.20. The van der Waals surface area contributed by atoms with Crippen molar-refractivity contribution in [1.82, 2.24) is 10.3 Å². The molecule has 1 saturated carbocycles. The van der Waals surface area contributed by atoms with Crippen molar-refractivity contribution in [3.8, 4) is 0 Å². The molecule has 0 bridgehead atoms. The minimum atomic E-state index is 0.00532. The summed E-state index contributed by atoms with van der Waals surface area (Å²) in [4.78, 5) is 15.9. The largest absolute Gasteiger partial charge is 0.379 e. The van der Waals surface area contributed by atoms with Crippen molar-refractivity contribution in [2.24, 2.45) is 5.92 Å². The Morgan fingerprint density at radius 3 is 3.06 bits per heavy atom. The van der Waals surface area contributed by atoms with E-state index in [1.165, 1.54) is 12.8 Å². The van der Waals surface area contributed by atoms with Gasteiger partial charge >= 0.3 is 0 Å². The summed E-state index contributed by atoms with van der Waals surface area (Å²) in [5.74, 6) is 0.810. The lowest BCUT2D eigenvalue weighted by Gasteiger charge is -2.07. The Bertz CT molecular complexity index is 413. The van der Waals surface area contributed by atoms with Gasteiger partial charge in [0.1, 0.15) is 0 Å². The van der Waals surface area contributed by atoms with E-state index >= 15 is 0 Å². The zero-order chi connectivity index (χ0) is 12.1. The van der Waals surface area contributed by atoms with Crippen LogP contribution >= 0.6 is 11.8 Å². The third-order valence-electron chi connectivity index (χ3n) is 2.69. The first-order valence-corrected chi connectivity index (χ1v) is 6.96. The van der Waals surface area contributed by atoms with Gasteiger partial charge in [0.2, 0.25) is 0 Å². The fourth-order valence-electron chi connectivity index (χ4n) is 1.46. The van der Waals surface area contributed by atoms with Crippen LogP contribution in [-0.4, -0.2) is 23.6 Å². The molecule has 0 spiro atoms. The number of hydrogen-bond donors (Lipinski definition) is 1. The number of ketones is 1. The number of rotatable bonds is 6. The highest BCUT2D eigenvalue weighted by atomic mass is 32.2. The van der Waals surface area contributed by atoms with E-state index in [9.17, 15) is 4.79 Å². The number of hydrogen-bond acceptors (Lipinski definition) is 4. The Balaban J connectivity index is 1.97. The predicted octanol–water partition coefficient (Wildman–Crippen LogP) is 2.47. The fraction of sp³-hybridized carbons (Fsp3) is 0.385. The SMILES string of the molecule is CSC(=CC(=O)c1cccnc1)NCC1CC1. The molecular weight excluding hydrogens is 232 g/mol. The lowest BCUT2D eigenvalue weighted by atomic mass is 10.2. The summed E-state index contributed by atoms with van der Waals surface area (Å²) in [5.41, 5.74) is 0.632. The van der Waals surface area contributed by atoms with Crippen LogP contribution in [0.1, 0.15) is 23.2 Å². The van der Waals surface area contributed by atoms with Gasteiger partial charge in [-0.1, -0.05) is 0 Å². The molecule has 1 aromatic heterocycles. The number of carbonyl (C=O) groups is 1. The molecule has 4 heteroatoms. The maximum Gasteiger partial charge on any atom is 0.189 e. The van der Waals surface area contributed by atoms with Gasteiger partial charge in [-0.3, -0.25) is 9.78 Å². The van der Waals surface area contributed by atoms with Gasteiger partial charge in [0.05, 0.1) is 5.03 Å². The molecule has 0 saturated heterocycles. The molecule has 90 valence electrons. The quantitative estimate of drug-likeness (QED) is 0.620. The van der Waals surface area contributed by atoms with Crippen molar-refractivity contribution in [2.75, 3.05) is 12.8 Å². The Hall–Kier alpha value is -1.29. The van der Waals surface area contributed by atoms with Gasteiger partial charge in [0.25, 0.3) is 0 Å². The van der Waals surface area contributed by atoms with Crippen LogP contribution in [0, 0.1) is 5.92 Å². The molecule has 0 radical (unpaired) electrons. The normalized spacial score (nSPS) is 15.7. The van der Waals surface area contributed by atoms with Crippen molar-refractivity contribution in [3.05, 3.63) is 41.2 Å². The third kappa shape index (κ3) is 3.89. The molecule has 1 fully saturated rings. The molecule has 0 amide bonds. The van der Waals surface area contributed by atoms with E-state index in [4.69, 9.17) is 0 Å². The number of thioether (sulfide) groups is 1. The second-order valence-corrected chi connectivity index (χ2v) is 4.99. The number of pyridine rings is 1. The molecular formula is C13H16N2OS. The van der Waals surface area contributed by atoms with Crippen LogP contribution in [0.4, 0.5) is 0 Å². The average Bonchev–Trinajstić information content (AvgIpc) is 3.19. The molecule has 1 aliphatic rings. The highest BCUT2D eigenvalue weighted by Gasteiger charge is 2.20. The number of nitrogens with zero attached hydrogens (tertiary/aromatic N) is 1. The molecule has 0 atom stereocenters. The Morgan fingerprint density at radius 1 is 1.65 bits per heavy atom. The lowest BCUT2D eigenvalue weighted by molar-refractivity contribution is 0.104. The van der Waals surface area contributed by atoms with Gasteiger partial charge in [-0.2, -0.15) is 0 Å². The monoisotopic (exact) mass is 248 g/mol. The molecule has 17 heavy (non-hydrogen) atoms. The molecule has 0 unspecified atom stereocenters. The first-order valence-electron chi connectivity index (χ1n) is 5.73. The van der Waals surface area contributed by atoms with Crippen molar-refractivity contribution in [3.63, 3.8) is 0 Å². The van der Waals surface area contributed by atoms with Gasteiger partial charge in [-0.15, -0.1) is 11.8 Å². The van der Waals surface area contributed by atoms with E-state index in [1.807, 2.05) is 6.26 Å². The van der Waals surface area contributed by atoms with Gasteiger partial charge in [0, 0.05) is 30.6 Å². The molecule has 1 aliphatic carbocycles. The molecule has 0 aromatic carbocycles. The van der Waals surface area contributed by atoms with Crippen LogP contribution in [0.3, 0.4) is 0 Å². The van der Waals surface area contributed by atoms with E-state index in [1.54, 1.807) is 42.4 Å². The second-order valence-electron chi connectivity index (χ2n) is 4.14. The highest BCUT2D eigenvalue weighted by Crippen LogP contribution is 2.28. The van der Waals surface area contributed by atoms with Crippen LogP contribution in [0.15, 0.2) is 35.6 Å². The van der Waals surface area contributed by atoms with E-state index in [0.717, 1.165) is 17.5 Å². The second kappa shape index (κ2) is 5.87. The standard InChI is InChI=1S/C13H16N2OS/c1-17-13(15-8-10-4-5-10)7-12(16)11-3-2-6-14-9-11/h2-3,6-7,9-10,15H,4-5,8H2,1H3. The number of aromatic nitrogens is 1. The fourth-order valence-corrected chi connectivity index (χ4v) is 1.91. The van der Waals surface area contributed by atoms with E-state index in [2.05, 4.69) is 10.3 Å². The zero-order valence-electron chi connectivity index (χ0n) is 9.85. The van der Waals surface area contributed by atoms with Crippen molar-refractivity contribution in [1.29, 1.82) is 0 Å². The summed E-state index contributed by atoms with van der Waals surface area (Å²) in [6, 6.07) is 3.56. The molecule has 2 rings (SSSR count). The van der Waals surface area contributed by atoms with Crippen molar-refractivity contribution >= 4 is 17.5 Å². The summed E-state index contributed by atoms with van der Waals surface area (Å²) in [5, 5.41) is 4.25. The number of allylic oxidation sites excluding steroid dienone is 1. The molecule has 0 aliphatic heterocycles. The average molecular weight is 248 g/mol. The van der Waals surface area contributed by atoms with Crippen molar-refractivity contribution in [2.45, 2.75) is 12.8 Å². The number of carbonyl (C=O) groups excluding carboxylic acids is 1. The topological polar surface area (TPSA) is 42.0 Å². The van der Waals surface area contributed by atoms with Gasteiger partial charge in [-0.25, -0.2) is 0 Å². The summed E-state index contributed by atoms with van der Waals surface area (Å²) < 4.78 is 0. The van der Waals surface area contributed by atoms with E-state index in [0.29, 0.717) is 5.56 Å². The highest BCUT2D eigenvalue weighted by molar-refractivity contribution is 8.02. The molecule has 1 heterocycles. The lowest BCUT2D eigenvalue weighted by Crippen LogP contribution is -2.15. The zero-order valence-corrected chi connectivity index (χ0v) is 10.7. The van der Waals surface area contributed by atoms with Crippen LogP contribution in [0.5, 0.6) is 0 Å². The summed E-state index contributed by atoms with van der Waals surface area (Å²) in [6.45, 7) is 0.979. The Morgan fingerprint density at radius 2 is 2.47 bits per heavy atom. The number of nitrogens with one attached hydrogen (secondary N) is 1. The first-order chi connectivity index (χ1) is 8.29. The summed E-state index contributed by atoms with van der Waals surface area (Å²) >= 11 is 1.57. The Labute approximate surface area is 106 Å². The van der Waals surface area contributed by atoms with E-state index < -0.39 is 0 Å². The molecule has 1 aromatic rings. The van der Waals surface area contributed by atoms with Crippen molar-refractivity contribution < 1.29 is 4.79 Å². The summed E-state index contributed by atoms with van der Waals surface area (Å²) in [7, 11) is 0. The summed E-state index contributed by atoms with van der Waals surface area (Å²) in [6.07, 6.45) is 9.52. The van der Waals surface area contributed by atoms with Crippen LogP contribution < -0.4 is 5.32 Å². The third-order valence-corrected chi connectivity index (χ3v) is 3.39. The van der Waals surface area contributed by atoms with Crippen LogP contribution in [0.2, 0.25) is 0 Å².